The summed E-state index contributed by atoms with van der Waals surface area (Å²) in [6, 6.07) is -0.921. The minimum atomic E-state index is -1.03. The lowest BCUT2D eigenvalue weighted by Crippen LogP contribution is -2.48. The average Bonchev–Trinajstić information content (AvgIpc) is 2.20. The van der Waals surface area contributed by atoms with Gasteiger partial charge in [0.05, 0.1) is 0 Å². The summed E-state index contributed by atoms with van der Waals surface area (Å²) < 4.78 is 5.07. The maximum absolute atomic E-state index is 11.6. The Kier molecular flexibility index (Phi) is 6.15. The minimum absolute atomic E-state index is 0.153. The van der Waals surface area contributed by atoms with E-state index in [1.165, 1.54) is 0 Å². The van der Waals surface area contributed by atoms with Crippen molar-refractivity contribution < 1.29 is 19.4 Å². The van der Waals surface area contributed by atoms with Crippen LogP contribution in [0.25, 0.3) is 0 Å². The van der Waals surface area contributed by atoms with Crippen LogP contribution in [0.2, 0.25) is 0 Å². The number of hydrogen-bond acceptors (Lipinski definition) is 3. The highest BCUT2D eigenvalue weighted by Crippen LogP contribution is 2.19. The number of amides is 1. The molecular formula is C13H25NO4. The van der Waals surface area contributed by atoms with Gasteiger partial charge in [-0.2, -0.15) is 0 Å². The number of aliphatic carboxylic acids is 1. The Hall–Kier alpha value is -1.26. The van der Waals surface area contributed by atoms with Gasteiger partial charge in [0.15, 0.2) is 0 Å². The molecule has 0 saturated heterocycles. The maximum Gasteiger partial charge on any atom is 0.408 e. The molecule has 0 fully saturated rings. The molecule has 0 rings (SSSR count). The minimum Gasteiger partial charge on any atom is -0.480 e. The fourth-order valence-corrected chi connectivity index (χ4v) is 1.55. The Labute approximate surface area is 109 Å². The van der Waals surface area contributed by atoms with E-state index in [0.717, 1.165) is 6.42 Å². The molecule has 0 aliphatic heterocycles. The third-order valence-electron chi connectivity index (χ3n) is 3.01. The summed E-state index contributed by atoms with van der Waals surface area (Å²) in [6.45, 7) is 11.0. The molecular weight excluding hydrogens is 234 g/mol. The molecule has 3 atom stereocenters. The third-order valence-corrected chi connectivity index (χ3v) is 3.01. The van der Waals surface area contributed by atoms with Crippen molar-refractivity contribution in [1.82, 2.24) is 5.32 Å². The van der Waals surface area contributed by atoms with Crippen molar-refractivity contribution in [3.8, 4) is 0 Å². The first kappa shape index (κ1) is 16.7. The zero-order valence-corrected chi connectivity index (χ0v) is 12.1. The van der Waals surface area contributed by atoms with Gasteiger partial charge in [-0.3, -0.25) is 0 Å². The molecule has 2 N–H and O–H groups in total. The van der Waals surface area contributed by atoms with E-state index in [-0.39, 0.29) is 11.8 Å². The van der Waals surface area contributed by atoms with Gasteiger partial charge in [0.1, 0.15) is 11.6 Å². The van der Waals surface area contributed by atoms with Crippen molar-refractivity contribution in [3.63, 3.8) is 0 Å². The van der Waals surface area contributed by atoms with Crippen molar-refractivity contribution in [3.05, 3.63) is 0 Å². The van der Waals surface area contributed by atoms with Gasteiger partial charge in [-0.15, -0.1) is 0 Å². The second kappa shape index (κ2) is 6.61. The second-order valence-electron chi connectivity index (χ2n) is 5.71. The Morgan fingerprint density at radius 1 is 1.28 bits per heavy atom. The summed E-state index contributed by atoms with van der Waals surface area (Å²) in [5.74, 6) is -0.977. The Bertz CT molecular complexity index is 296. The number of hydrogen-bond donors (Lipinski definition) is 2. The van der Waals surface area contributed by atoms with E-state index < -0.39 is 23.7 Å². The predicted molar refractivity (Wildman–Crippen MR) is 69.4 cm³/mol. The standard InChI is InChI=1S/C13H25NO4/c1-7-8(2)9(3)10(11(15)16)14-12(17)18-13(4,5)6/h8-10H,7H2,1-6H3,(H,14,17)(H,15,16). The predicted octanol–water partition coefficient (Wildman–Crippen LogP) is 2.65. The van der Waals surface area contributed by atoms with Crippen LogP contribution < -0.4 is 5.32 Å². The molecule has 106 valence electrons. The van der Waals surface area contributed by atoms with Crippen LogP contribution in [0, 0.1) is 11.8 Å². The lowest BCUT2D eigenvalue weighted by atomic mass is 9.87. The summed E-state index contributed by atoms with van der Waals surface area (Å²) in [7, 11) is 0. The van der Waals surface area contributed by atoms with E-state index in [1.807, 2.05) is 20.8 Å². The summed E-state index contributed by atoms with van der Waals surface area (Å²) in [5.41, 5.74) is -0.632. The highest BCUT2D eigenvalue weighted by Gasteiger charge is 2.31. The van der Waals surface area contributed by atoms with Crippen LogP contribution in [0.5, 0.6) is 0 Å². The second-order valence-corrected chi connectivity index (χ2v) is 5.71. The van der Waals surface area contributed by atoms with Gasteiger partial charge >= 0.3 is 12.1 Å². The Morgan fingerprint density at radius 2 is 1.78 bits per heavy atom. The number of carboxylic acids is 1. The van der Waals surface area contributed by atoms with E-state index in [9.17, 15) is 9.59 Å². The van der Waals surface area contributed by atoms with E-state index in [2.05, 4.69) is 5.32 Å². The van der Waals surface area contributed by atoms with Gasteiger partial charge in [0, 0.05) is 0 Å². The lowest BCUT2D eigenvalue weighted by Gasteiger charge is -2.27. The third kappa shape index (κ3) is 5.89. The van der Waals surface area contributed by atoms with E-state index >= 15 is 0 Å². The van der Waals surface area contributed by atoms with E-state index in [0.29, 0.717) is 0 Å². The molecule has 0 aromatic rings. The molecule has 1 amide bonds. The van der Waals surface area contributed by atoms with Gasteiger partial charge in [-0.25, -0.2) is 9.59 Å². The van der Waals surface area contributed by atoms with Gasteiger partial charge in [0.2, 0.25) is 0 Å². The fourth-order valence-electron chi connectivity index (χ4n) is 1.55. The molecule has 0 bridgehead atoms. The number of nitrogens with one attached hydrogen (secondary N) is 1. The zero-order chi connectivity index (χ0) is 14.5. The molecule has 0 radical (unpaired) electrons. The topological polar surface area (TPSA) is 75.6 Å². The molecule has 18 heavy (non-hydrogen) atoms. The van der Waals surface area contributed by atoms with Crippen LogP contribution in [-0.2, 0) is 9.53 Å². The SMILES string of the molecule is CCC(C)C(C)C(NC(=O)OC(C)(C)C)C(=O)O. The zero-order valence-electron chi connectivity index (χ0n) is 12.1. The molecule has 0 saturated carbocycles. The summed E-state index contributed by atoms with van der Waals surface area (Å²) >= 11 is 0. The smallest absolute Gasteiger partial charge is 0.408 e. The first-order chi connectivity index (χ1) is 8.08. The molecule has 0 aliphatic carbocycles. The normalized spacial score (nSPS) is 16.6. The van der Waals surface area contributed by atoms with Crippen molar-refractivity contribution >= 4 is 12.1 Å². The van der Waals surface area contributed by atoms with E-state index in [4.69, 9.17) is 9.84 Å². The number of carboxylic acid groups (broad SMARTS) is 1. The number of carbonyl (C=O) groups is 2. The summed E-state index contributed by atoms with van der Waals surface area (Å²) in [4.78, 5) is 22.8. The number of carbonyl (C=O) groups excluding carboxylic acids is 1. The molecule has 3 unspecified atom stereocenters. The number of rotatable bonds is 5. The first-order valence-electron chi connectivity index (χ1n) is 6.30. The van der Waals surface area contributed by atoms with E-state index in [1.54, 1.807) is 20.8 Å². The number of alkyl carbamates (subject to hydrolysis) is 1. The molecule has 0 heterocycles. The van der Waals surface area contributed by atoms with Gasteiger partial charge in [-0.1, -0.05) is 27.2 Å². The van der Waals surface area contributed by atoms with Crippen LogP contribution >= 0.6 is 0 Å². The lowest BCUT2D eigenvalue weighted by molar-refractivity contribution is -0.141. The molecule has 0 aromatic carbocycles. The Balaban J connectivity index is 4.64. The molecule has 5 nitrogen and oxygen atoms in total. The largest absolute Gasteiger partial charge is 0.480 e. The van der Waals surface area contributed by atoms with Crippen LogP contribution in [0.4, 0.5) is 4.79 Å². The quantitative estimate of drug-likeness (QED) is 0.795. The van der Waals surface area contributed by atoms with Gasteiger partial charge in [-0.05, 0) is 32.6 Å². The highest BCUT2D eigenvalue weighted by atomic mass is 16.6. The van der Waals surface area contributed by atoms with Crippen molar-refractivity contribution in [2.45, 2.75) is 59.6 Å². The van der Waals surface area contributed by atoms with Crippen LogP contribution in [0.3, 0.4) is 0 Å². The van der Waals surface area contributed by atoms with Crippen molar-refractivity contribution in [2.24, 2.45) is 11.8 Å². The summed E-state index contributed by atoms with van der Waals surface area (Å²) in [5, 5.41) is 11.6. The monoisotopic (exact) mass is 259 g/mol. The van der Waals surface area contributed by atoms with Crippen LogP contribution in [0.15, 0.2) is 0 Å². The highest BCUT2D eigenvalue weighted by molar-refractivity contribution is 5.80. The first-order valence-corrected chi connectivity index (χ1v) is 6.30. The van der Waals surface area contributed by atoms with Gasteiger partial charge in [0.25, 0.3) is 0 Å². The fraction of sp³-hybridized carbons (Fsp3) is 0.846. The molecule has 5 heteroatoms. The summed E-state index contributed by atoms with van der Waals surface area (Å²) in [6.07, 6.45) is 0.172. The average molecular weight is 259 g/mol. The Morgan fingerprint density at radius 3 is 2.11 bits per heavy atom. The van der Waals surface area contributed by atoms with Crippen molar-refractivity contribution in [1.29, 1.82) is 0 Å². The number of ether oxygens (including phenoxy) is 1. The van der Waals surface area contributed by atoms with Crippen LogP contribution in [-0.4, -0.2) is 28.8 Å². The van der Waals surface area contributed by atoms with Crippen molar-refractivity contribution in [2.75, 3.05) is 0 Å². The van der Waals surface area contributed by atoms with Crippen LogP contribution in [0.1, 0.15) is 48.0 Å². The molecule has 0 spiro atoms. The molecule has 0 aromatic heterocycles. The van der Waals surface area contributed by atoms with Gasteiger partial charge < -0.3 is 15.2 Å². The molecule has 0 aliphatic rings. The maximum atomic E-state index is 11.6.